The van der Waals surface area contributed by atoms with Crippen LogP contribution >= 0.6 is 0 Å². The van der Waals surface area contributed by atoms with Crippen molar-refractivity contribution in [3.63, 3.8) is 0 Å². The lowest BCUT2D eigenvalue weighted by Gasteiger charge is -2.32. The molecule has 0 amide bonds. The van der Waals surface area contributed by atoms with Crippen LogP contribution in [0.4, 0.5) is 8.78 Å². The number of aliphatic hydroxyl groups is 1. The van der Waals surface area contributed by atoms with Crippen LogP contribution in [-0.4, -0.2) is 30.2 Å². The van der Waals surface area contributed by atoms with Crippen LogP contribution in [0.5, 0.6) is 0 Å². The molecule has 1 rings (SSSR count). The number of halogens is 2. The van der Waals surface area contributed by atoms with E-state index in [4.69, 9.17) is 0 Å². The molecule has 4 heteroatoms. The maximum atomic E-state index is 11.8. The van der Waals surface area contributed by atoms with E-state index in [2.05, 4.69) is 5.32 Å². The third-order valence-corrected chi connectivity index (χ3v) is 2.54. The fraction of sp³-hybridized carbons (Fsp3) is 1.00. The van der Waals surface area contributed by atoms with E-state index >= 15 is 0 Å². The van der Waals surface area contributed by atoms with E-state index in [1.807, 2.05) is 0 Å². The topological polar surface area (TPSA) is 32.3 Å². The number of rotatable bonds is 4. The Kier molecular flexibility index (Phi) is 4.06. The summed E-state index contributed by atoms with van der Waals surface area (Å²) in [7, 11) is 0. The first-order valence-corrected chi connectivity index (χ1v) is 4.84. The van der Waals surface area contributed by atoms with Crippen LogP contribution in [0, 0.1) is 0 Å². The molecule has 0 radical (unpaired) electrons. The van der Waals surface area contributed by atoms with Crippen LogP contribution in [-0.2, 0) is 0 Å². The molecule has 0 aliphatic heterocycles. The van der Waals surface area contributed by atoms with Gasteiger partial charge in [0.15, 0.2) is 0 Å². The first-order chi connectivity index (χ1) is 6.12. The van der Waals surface area contributed by atoms with Crippen LogP contribution in [0.25, 0.3) is 0 Å². The van der Waals surface area contributed by atoms with Gasteiger partial charge in [0, 0.05) is 6.54 Å². The van der Waals surface area contributed by atoms with E-state index in [1.165, 1.54) is 0 Å². The Hall–Kier alpha value is -0.220. The van der Waals surface area contributed by atoms with Crippen molar-refractivity contribution in [1.29, 1.82) is 0 Å². The van der Waals surface area contributed by atoms with Crippen molar-refractivity contribution in [3.8, 4) is 0 Å². The molecule has 2 nitrogen and oxygen atoms in total. The second kappa shape index (κ2) is 4.86. The lowest BCUT2D eigenvalue weighted by molar-refractivity contribution is 0.00174. The molecule has 0 heterocycles. The van der Waals surface area contributed by atoms with Crippen LogP contribution in [0.15, 0.2) is 0 Å². The summed E-state index contributed by atoms with van der Waals surface area (Å²) in [5.41, 5.74) is -0.729. The number of alkyl halides is 2. The summed E-state index contributed by atoms with van der Waals surface area (Å²) < 4.78 is 23.5. The van der Waals surface area contributed by atoms with E-state index in [0.29, 0.717) is 6.54 Å². The minimum atomic E-state index is -2.33. The quantitative estimate of drug-likeness (QED) is 0.709. The Labute approximate surface area is 77.3 Å². The van der Waals surface area contributed by atoms with Gasteiger partial charge in [-0.2, -0.15) is 0 Å². The lowest BCUT2D eigenvalue weighted by atomic mass is 9.85. The van der Waals surface area contributed by atoms with E-state index in [0.717, 1.165) is 32.1 Å². The highest BCUT2D eigenvalue weighted by Gasteiger charge is 2.28. The monoisotopic (exact) mass is 193 g/mol. The van der Waals surface area contributed by atoms with Crippen molar-refractivity contribution in [1.82, 2.24) is 5.32 Å². The van der Waals surface area contributed by atoms with E-state index in [9.17, 15) is 13.9 Å². The smallest absolute Gasteiger partial charge is 0.250 e. The highest BCUT2D eigenvalue weighted by atomic mass is 19.3. The van der Waals surface area contributed by atoms with Crippen LogP contribution in [0.1, 0.15) is 32.1 Å². The summed E-state index contributed by atoms with van der Waals surface area (Å²) in [6.07, 6.45) is 2.32. The molecule has 0 saturated heterocycles. The van der Waals surface area contributed by atoms with Crippen LogP contribution < -0.4 is 5.32 Å². The van der Waals surface area contributed by atoms with Gasteiger partial charge in [0.25, 0.3) is 6.43 Å². The summed E-state index contributed by atoms with van der Waals surface area (Å²) >= 11 is 0. The van der Waals surface area contributed by atoms with Crippen molar-refractivity contribution >= 4 is 0 Å². The van der Waals surface area contributed by atoms with Gasteiger partial charge >= 0.3 is 0 Å². The zero-order valence-corrected chi connectivity index (χ0v) is 7.73. The Bertz CT molecular complexity index is 147. The molecule has 2 N–H and O–H groups in total. The van der Waals surface area contributed by atoms with Gasteiger partial charge in [-0.05, 0) is 12.8 Å². The molecule has 78 valence electrons. The highest BCUT2D eigenvalue weighted by Crippen LogP contribution is 2.27. The molecule has 0 aromatic rings. The summed E-state index contributed by atoms with van der Waals surface area (Å²) in [4.78, 5) is 0. The zero-order valence-electron chi connectivity index (χ0n) is 7.73. The van der Waals surface area contributed by atoms with Gasteiger partial charge < -0.3 is 10.4 Å². The Morgan fingerprint density at radius 2 is 1.85 bits per heavy atom. The maximum Gasteiger partial charge on any atom is 0.250 e. The molecular formula is C9H17F2NO. The normalized spacial score (nSPS) is 22.2. The zero-order chi connectivity index (χ0) is 9.73. The van der Waals surface area contributed by atoms with Gasteiger partial charge in [-0.1, -0.05) is 19.3 Å². The average molecular weight is 193 g/mol. The molecule has 1 aliphatic carbocycles. The first kappa shape index (κ1) is 10.9. The second-order valence-electron chi connectivity index (χ2n) is 3.81. The Balaban J connectivity index is 2.17. The summed E-state index contributed by atoms with van der Waals surface area (Å²) in [6.45, 7) is -0.0142. The highest BCUT2D eigenvalue weighted by molar-refractivity contribution is 4.84. The molecule has 0 spiro atoms. The van der Waals surface area contributed by atoms with E-state index in [1.54, 1.807) is 0 Å². The Morgan fingerprint density at radius 1 is 1.23 bits per heavy atom. The SMILES string of the molecule is OC1(CNCC(F)F)CCCCC1. The standard InChI is InChI=1S/C9H17F2NO/c10-8(11)6-12-7-9(13)4-2-1-3-5-9/h8,12-13H,1-7H2. The third kappa shape index (κ3) is 4.00. The fourth-order valence-corrected chi connectivity index (χ4v) is 1.80. The van der Waals surface area contributed by atoms with Crippen molar-refractivity contribution in [2.45, 2.75) is 44.1 Å². The average Bonchev–Trinajstić information content (AvgIpc) is 2.04. The van der Waals surface area contributed by atoms with Gasteiger partial charge in [0.05, 0.1) is 12.1 Å². The molecule has 0 aromatic heterocycles. The van der Waals surface area contributed by atoms with Crippen LogP contribution in [0.3, 0.4) is 0 Å². The van der Waals surface area contributed by atoms with Gasteiger partial charge in [-0.3, -0.25) is 0 Å². The molecule has 0 aromatic carbocycles. The van der Waals surface area contributed by atoms with Gasteiger partial charge in [0.2, 0.25) is 0 Å². The van der Waals surface area contributed by atoms with Gasteiger partial charge in [0.1, 0.15) is 0 Å². The van der Waals surface area contributed by atoms with Crippen LogP contribution in [0.2, 0.25) is 0 Å². The predicted octanol–water partition coefficient (Wildman–Crippen LogP) is 1.54. The summed E-state index contributed by atoms with van der Waals surface area (Å²) in [5, 5.41) is 12.5. The number of hydrogen-bond acceptors (Lipinski definition) is 2. The number of nitrogens with one attached hydrogen (secondary N) is 1. The van der Waals surface area contributed by atoms with Crippen molar-refractivity contribution in [3.05, 3.63) is 0 Å². The molecule has 0 bridgehead atoms. The molecule has 0 atom stereocenters. The molecule has 0 unspecified atom stereocenters. The molecule has 1 aliphatic rings. The lowest BCUT2D eigenvalue weighted by Crippen LogP contribution is -2.43. The minimum absolute atomic E-state index is 0.303. The van der Waals surface area contributed by atoms with Gasteiger partial charge in [-0.25, -0.2) is 8.78 Å². The van der Waals surface area contributed by atoms with E-state index < -0.39 is 12.0 Å². The Morgan fingerprint density at radius 3 is 2.38 bits per heavy atom. The second-order valence-corrected chi connectivity index (χ2v) is 3.81. The van der Waals surface area contributed by atoms with Gasteiger partial charge in [-0.15, -0.1) is 0 Å². The molecule has 1 saturated carbocycles. The van der Waals surface area contributed by atoms with Crippen molar-refractivity contribution in [2.24, 2.45) is 0 Å². The maximum absolute atomic E-state index is 11.8. The number of hydrogen-bond donors (Lipinski definition) is 2. The largest absolute Gasteiger partial charge is 0.389 e. The minimum Gasteiger partial charge on any atom is -0.389 e. The summed E-state index contributed by atoms with van der Waals surface area (Å²) in [5.74, 6) is 0. The fourth-order valence-electron chi connectivity index (χ4n) is 1.80. The third-order valence-electron chi connectivity index (χ3n) is 2.54. The molecular weight excluding hydrogens is 176 g/mol. The molecule has 13 heavy (non-hydrogen) atoms. The molecule has 1 fully saturated rings. The van der Waals surface area contributed by atoms with Crippen molar-refractivity contribution < 1.29 is 13.9 Å². The predicted molar refractivity (Wildman–Crippen MR) is 46.9 cm³/mol. The summed E-state index contributed by atoms with van der Waals surface area (Å²) in [6, 6.07) is 0. The first-order valence-electron chi connectivity index (χ1n) is 4.84. The van der Waals surface area contributed by atoms with E-state index in [-0.39, 0.29) is 6.54 Å². The van der Waals surface area contributed by atoms with Crippen molar-refractivity contribution in [2.75, 3.05) is 13.1 Å².